The second-order valence-electron chi connectivity index (χ2n) is 3.06. The molecule has 0 radical (unpaired) electrons. The number of esters is 2. The molecule has 0 fully saturated rings. The van der Waals surface area contributed by atoms with Crippen molar-refractivity contribution >= 4 is 11.9 Å². The molecule has 0 unspecified atom stereocenters. The summed E-state index contributed by atoms with van der Waals surface area (Å²) in [7, 11) is 1.18. The molecule has 0 spiro atoms. The number of carbonyl (C=O) groups excluding carboxylic acids is 2. The Hall–Kier alpha value is -1.91. The third-order valence-corrected chi connectivity index (χ3v) is 1.87. The number of carbonyl (C=O) groups is 2. The standard InChI is InChI=1S/C11H11FO4/c1-7(13)16-10(11(14)15-2)8-3-5-9(12)6-4-8/h3-6,10H,1-2H3/t10-/m0/s1. The molecule has 1 atom stereocenters. The fourth-order valence-corrected chi connectivity index (χ4v) is 1.16. The highest BCUT2D eigenvalue weighted by atomic mass is 19.1. The molecule has 0 aliphatic rings. The molecule has 1 rings (SSSR count). The van der Waals surface area contributed by atoms with Gasteiger partial charge in [-0.25, -0.2) is 9.18 Å². The fourth-order valence-electron chi connectivity index (χ4n) is 1.16. The fraction of sp³-hybridized carbons (Fsp3) is 0.273. The summed E-state index contributed by atoms with van der Waals surface area (Å²) in [5, 5.41) is 0. The van der Waals surface area contributed by atoms with Crippen LogP contribution in [0.25, 0.3) is 0 Å². The van der Waals surface area contributed by atoms with Crippen molar-refractivity contribution in [2.75, 3.05) is 7.11 Å². The average molecular weight is 226 g/mol. The van der Waals surface area contributed by atoms with Crippen LogP contribution in [-0.4, -0.2) is 19.0 Å². The Labute approximate surface area is 92.0 Å². The van der Waals surface area contributed by atoms with Gasteiger partial charge in [0, 0.05) is 12.5 Å². The van der Waals surface area contributed by atoms with E-state index in [1.807, 2.05) is 0 Å². The summed E-state index contributed by atoms with van der Waals surface area (Å²) in [6.45, 7) is 1.18. The molecule has 0 aliphatic heterocycles. The Kier molecular flexibility index (Phi) is 3.99. The number of hydrogen-bond donors (Lipinski definition) is 0. The maximum absolute atomic E-state index is 12.7. The Morgan fingerprint density at radius 2 is 1.81 bits per heavy atom. The highest BCUT2D eigenvalue weighted by Crippen LogP contribution is 2.19. The van der Waals surface area contributed by atoms with Gasteiger partial charge in [-0.3, -0.25) is 4.79 Å². The summed E-state index contributed by atoms with van der Waals surface area (Å²) < 4.78 is 22.0. The lowest BCUT2D eigenvalue weighted by molar-refractivity contribution is -0.165. The molecule has 0 heterocycles. The summed E-state index contributed by atoms with van der Waals surface area (Å²) in [4.78, 5) is 22.2. The lowest BCUT2D eigenvalue weighted by Crippen LogP contribution is -2.19. The topological polar surface area (TPSA) is 52.6 Å². The van der Waals surface area contributed by atoms with E-state index in [1.54, 1.807) is 0 Å². The van der Waals surface area contributed by atoms with Gasteiger partial charge in [-0.1, -0.05) is 12.1 Å². The number of halogens is 1. The summed E-state index contributed by atoms with van der Waals surface area (Å²) >= 11 is 0. The summed E-state index contributed by atoms with van der Waals surface area (Å²) in [5.41, 5.74) is 0.364. The van der Waals surface area contributed by atoms with Crippen molar-refractivity contribution in [1.82, 2.24) is 0 Å². The van der Waals surface area contributed by atoms with Gasteiger partial charge in [0.1, 0.15) is 5.82 Å². The van der Waals surface area contributed by atoms with Crippen molar-refractivity contribution < 1.29 is 23.5 Å². The van der Waals surface area contributed by atoms with Crippen molar-refractivity contribution in [2.24, 2.45) is 0 Å². The van der Waals surface area contributed by atoms with Crippen LogP contribution in [0.5, 0.6) is 0 Å². The second-order valence-corrected chi connectivity index (χ2v) is 3.06. The first-order valence-electron chi connectivity index (χ1n) is 4.55. The van der Waals surface area contributed by atoms with E-state index < -0.39 is 23.9 Å². The molecule has 0 saturated carbocycles. The minimum absolute atomic E-state index is 0.364. The van der Waals surface area contributed by atoms with Crippen LogP contribution in [0.15, 0.2) is 24.3 Å². The van der Waals surface area contributed by atoms with Crippen molar-refractivity contribution in [3.63, 3.8) is 0 Å². The molecule has 0 bridgehead atoms. The van der Waals surface area contributed by atoms with Crippen LogP contribution < -0.4 is 0 Å². The smallest absolute Gasteiger partial charge is 0.351 e. The zero-order valence-corrected chi connectivity index (χ0v) is 8.90. The van der Waals surface area contributed by atoms with Crippen molar-refractivity contribution in [3.05, 3.63) is 35.6 Å². The van der Waals surface area contributed by atoms with Crippen molar-refractivity contribution in [3.8, 4) is 0 Å². The normalized spacial score (nSPS) is 11.7. The predicted molar refractivity (Wildman–Crippen MR) is 52.9 cm³/mol. The molecule has 0 N–H and O–H groups in total. The Morgan fingerprint density at radius 3 is 2.25 bits per heavy atom. The molecule has 5 heteroatoms. The number of ether oxygens (including phenoxy) is 2. The SMILES string of the molecule is COC(=O)[C@@H](OC(C)=O)c1ccc(F)cc1. The first kappa shape index (κ1) is 12.2. The van der Waals surface area contributed by atoms with E-state index in [1.165, 1.54) is 38.3 Å². The van der Waals surface area contributed by atoms with Crippen LogP contribution in [0.1, 0.15) is 18.6 Å². The summed E-state index contributed by atoms with van der Waals surface area (Å²) in [6, 6.07) is 5.07. The first-order chi connectivity index (χ1) is 7.54. The molecule has 86 valence electrons. The van der Waals surface area contributed by atoms with E-state index in [4.69, 9.17) is 4.74 Å². The highest BCUT2D eigenvalue weighted by molar-refractivity contribution is 5.79. The molecular weight excluding hydrogens is 215 g/mol. The van der Waals surface area contributed by atoms with Gasteiger partial charge in [0.25, 0.3) is 0 Å². The van der Waals surface area contributed by atoms with E-state index in [-0.39, 0.29) is 0 Å². The molecule has 1 aromatic carbocycles. The average Bonchev–Trinajstić information content (AvgIpc) is 2.26. The molecular formula is C11H11FO4. The molecule has 16 heavy (non-hydrogen) atoms. The lowest BCUT2D eigenvalue weighted by Gasteiger charge is -2.14. The van der Waals surface area contributed by atoms with Gasteiger partial charge in [0.05, 0.1) is 7.11 Å². The van der Waals surface area contributed by atoms with E-state index in [0.717, 1.165) is 0 Å². The zero-order valence-electron chi connectivity index (χ0n) is 8.90. The van der Waals surface area contributed by atoms with E-state index >= 15 is 0 Å². The number of rotatable bonds is 3. The van der Waals surface area contributed by atoms with Crippen LogP contribution in [-0.2, 0) is 19.1 Å². The predicted octanol–water partition coefficient (Wildman–Crippen LogP) is 1.60. The number of benzene rings is 1. The van der Waals surface area contributed by atoms with Gasteiger partial charge >= 0.3 is 11.9 Å². The molecule has 1 aromatic rings. The molecule has 0 aliphatic carbocycles. The Bertz CT molecular complexity index is 385. The van der Waals surface area contributed by atoms with Crippen LogP contribution in [0.2, 0.25) is 0 Å². The Morgan fingerprint density at radius 1 is 1.25 bits per heavy atom. The highest BCUT2D eigenvalue weighted by Gasteiger charge is 2.24. The molecule has 4 nitrogen and oxygen atoms in total. The largest absolute Gasteiger partial charge is 0.466 e. The van der Waals surface area contributed by atoms with Gasteiger partial charge in [-0.05, 0) is 12.1 Å². The maximum Gasteiger partial charge on any atom is 0.351 e. The third kappa shape index (κ3) is 3.05. The van der Waals surface area contributed by atoms with Gasteiger partial charge < -0.3 is 9.47 Å². The van der Waals surface area contributed by atoms with Crippen LogP contribution in [0, 0.1) is 5.82 Å². The van der Waals surface area contributed by atoms with Crippen molar-refractivity contribution in [2.45, 2.75) is 13.0 Å². The van der Waals surface area contributed by atoms with Crippen LogP contribution in [0.4, 0.5) is 4.39 Å². The van der Waals surface area contributed by atoms with Gasteiger partial charge in [-0.15, -0.1) is 0 Å². The monoisotopic (exact) mass is 226 g/mol. The van der Waals surface area contributed by atoms with Gasteiger partial charge in [0.2, 0.25) is 6.10 Å². The van der Waals surface area contributed by atoms with Gasteiger partial charge in [0.15, 0.2) is 0 Å². The number of hydrogen-bond acceptors (Lipinski definition) is 4. The Balaban J connectivity index is 2.96. The van der Waals surface area contributed by atoms with Crippen molar-refractivity contribution in [1.29, 1.82) is 0 Å². The lowest BCUT2D eigenvalue weighted by atomic mass is 10.1. The van der Waals surface area contributed by atoms with E-state index in [0.29, 0.717) is 5.56 Å². The zero-order chi connectivity index (χ0) is 12.1. The summed E-state index contributed by atoms with van der Waals surface area (Å²) in [6.07, 6.45) is -1.15. The number of methoxy groups -OCH3 is 1. The molecule has 0 aromatic heterocycles. The third-order valence-electron chi connectivity index (χ3n) is 1.87. The van der Waals surface area contributed by atoms with E-state index in [2.05, 4.69) is 4.74 Å². The summed E-state index contributed by atoms with van der Waals surface area (Å²) in [5.74, 6) is -1.75. The van der Waals surface area contributed by atoms with E-state index in [9.17, 15) is 14.0 Å². The quantitative estimate of drug-likeness (QED) is 0.734. The maximum atomic E-state index is 12.7. The minimum Gasteiger partial charge on any atom is -0.466 e. The second kappa shape index (κ2) is 5.25. The van der Waals surface area contributed by atoms with Gasteiger partial charge in [-0.2, -0.15) is 0 Å². The van der Waals surface area contributed by atoms with Crippen LogP contribution in [0.3, 0.4) is 0 Å². The molecule has 0 saturated heterocycles. The van der Waals surface area contributed by atoms with Crippen LogP contribution >= 0.6 is 0 Å². The minimum atomic E-state index is -1.15. The first-order valence-corrected chi connectivity index (χ1v) is 4.55. The molecule has 0 amide bonds.